The van der Waals surface area contributed by atoms with Gasteiger partial charge in [-0.1, -0.05) is 54.6 Å². The summed E-state index contributed by atoms with van der Waals surface area (Å²) < 4.78 is 11.0. The van der Waals surface area contributed by atoms with Gasteiger partial charge < -0.3 is 14.6 Å². The number of carboxylic acids is 1. The number of benzene rings is 3. The average molecular weight is 418 g/mol. The Kier molecular flexibility index (Phi) is 6.23. The van der Waals surface area contributed by atoms with Gasteiger partial charge in [0.05, 0.1) is 20.3 Å². The highest BCUT2D eigenvalue weighted by Gasteiger charge is 2.38. The van der Waals surface area contributed by atoms with Crippen LogP contribution in [-0.2, 0) is 4.79 Å². The van der Waals surface area contributed by atoms with E-state index < -0.39 is 12.0 Å². The van der Waals surface area contributed by atoms with E-state index in [1.165, 1.54) is 0 Å². The number of carbonyl (C=O) groups is 1. The third-order valence-corrected chi connectivity index (χ3v) is 5.98. The highest BCUT2D eigenvalue weighted by atomic mass is 16.5. The summed E-state index contributed by atoms with van der Waals surface area (Å²) in [5, 5.41) is 9.83. The largest absolute Gasteiger partial charge is 0.497 e. The molecule has 1 aliphatic rings. The smallest absolute Gasteiger partial charge is 0.320 e. The van der Waals surface area contributed by atoms with Crippen LogP contribution in [0.25, 0.3) is 11.1 Å². The molecule has 1 saturated heterocycles. The molecule has 0 amide bonds. The van der Waals surface area contributed by atoms with E-state index in [2.05, 4.69) is 41.3 Å². The topological polar surface area (TPSA) is 59.0 Å². The van der Waals surface area contributed by atoms with Crippen molar-refractivity contribution in [2.75, 3.05) is 20.8 Å². The molecule has 2 atom stereocenters. The van der Waals surface area contributed by atoms with E-state index in [4.69, 9.17) is 9.47 Å². The quantitative estimate of drug-likeness (QED) is 0.586. The second-order valence-electron chi connectivity index (χ2n) is 7.73. The SMILES string of the molecule is COc1ccc(C(c2ccc(-c3ccccc3)cc2)N2CCCC2C(=O)O)c(OC)c1. The Labute approximate surface area is 182 Å². The second-order valence-corrected chi connectivity index (χ2v) is 7.73. The second kappa shape index (κ2) is 9.23. The van der Waals surface area contributed by atoms with E-state index in [0.29, 0.717) is 17.9 Å². The van der Waals surface area contributed by atoms with Crippen molar-refractivity contribution in [1.82, 2.24) is 4.90 Å². The van der Waals surface area contributed by atoms with Gasteiger partial charge in [0, 0.05) is 18.2 Å². The van der Waals surface area contributed by atoms with E-state index in [0.717, 1.165) is 35.2 Å². The standard InChI is InChI=1S/C26H27NO4/c1-30-21-14-15-22(24(17-21)31-2)25(27-16-6-9-23(27)26(28)29)20-12-10-19(11-13-20)18-7-4-3-5-8-18/h3-5,7-8,10-15,17,23,25H,6,9,16H2,1-2H3,(H,28,29). The van der Waals surface area contributed by atoms with E-state index in [-0.39, 0.29) is 6.04 Å². The van der Waals surface area contributed by atoms with Crippen molar-refractivity contribution in [3.8, 4) is 22.6 Å². The first-order chi connectivity index (χ1) is 15.1. The summed E-state index contributed by atoms with van der Waals surface area (Å²) in [5.74, 6) is 0.610. The number of methoxy groups -OCH3 is 2. The van der Waals surface area contributed by atoms with E-state index in [1.807, 2.05) is 36.4 Å². The molecule has 4 rings (SSSR count). The number of rotatable bonds is 7. The fourth-order valence-corrected chi connectivity index (χ4v) is 4.45. The minimum atomic E-state index is -0.782. The Hall–Kier alpha value is -3.31. The molecule has 31 heavy (non-hydrogen) atoms. The molecular formula is C26H27NO4. The van der Waals surface area contributed by atoms with Gasteiger partial charge in [0.15, 0.2) is 0 Å². The lowest BCUT2D eigenvalue weighted by atomic mass is 9.93. The Morgan fingerprint density at radius 2 is 1.68 bits per heavy atom. The maximum Gasteiger partial charge on any atom is 0.320 e. The van der Waals surface area contributed by atoms with Crippen LogP contribution in [0.4, 0.5) is 0 Å². The Bertz CT molecular complexity index is 1030. The molecule has 0 saturated carbocycles. The van der Waals surface area contributed by atoms with Crippen molar-refractivity contribution in [3.05, 3.63) is 83.9 Å². The maximum absolute atomic E-state index is 12.0. The van der Waals surface area contributed by atoms with Crippen LogP contribution in [0.15, 0.2) is 72.8 Å². The normalized spacial score (nSPS) is 17.3. The zero-order valence-electron chi connectivity index (χ0n) is 17.8. The lowest BCUT2D eigenvalue weighted by Crippen LogP contribution is -2.39. The van der Waals surface area contributed by atoms with Crippen molar-refractivity contribution >= 4 is 5.97 Å². The summed E-state index contributed by atoms with van der Waals surface area (Å²) >= 11 is 0. The molecule has 5 heteroatoms. The van der Waals surface area contributed by atoms with Gasteiger partial charge in [0.1, 0.15) is 17.5 Å². The van der Waals surface area contributed by atoms with Crippen molar-refractivity contribution in [3.63, 3.8) is 0 Å². The molecule has 5 nitrogen and oxygen atoms in total. The highest BCUT2D eigenvalue weighted by molar-refractivity contribution is 5.74. The van der Waals surface area contributed by atoms with Crippen molar-refractivity contribution in [2.24, 2.45) is 0 Å². The van der Waals surface area contributed by atoms with Crippen LogP contribution in [0.2, 0.25) is 0 Å². The first-order valence-corrected chi connectivity index (χ1v) is 10.5. The molecule has 0 aromatic heterocycles. The molecule has 0 radical (unpaired) electrons. The number of aliphatic carboxylic acids is 1. The van der Waals surface area contributed by atoms with Crippen LogP contribution in [0, 0.1) is 0 Å². The molecule has 1 N–H and O–H groups in total. The number of nitrogens with zero attached hydrogens (tertiary/aromatic N) is 1. The lowest BCUT2D eigenvalue weighted by Gasteiger charge is -2.33. The van der Waals surface area contributed by atoms with Crippen LogP contribution < -0.4 is 9.47 Å². The number of likely N-dealkylation sites (tertiary alicyclic amines) is 1. The Morgan fingerprint density at radius 1 is 0.968 bits per heavy atom. The van der Waals surface area contributed by atoms with Gasteiger partial charge in [-0.05, 0) is 41.7 Å². The van der Waals surface area contributed by atoms with Gasteiger partial charge in [-0.3, -0.25) is 9.69 Å². The summed E-state index contributed by atoms with van der Waals surface area (Å²) in [6.07, 6.45) is 1.50. The monoisotopic (exact) mass is 417 g/mol. The molecule has 0 aliphatic carbocycles. The Morgan fingerprint density at radius 3 is 2.32 bits per heavy atom. The summed E-state index contributed by atoms with van der Waals surface area (Å²) in [5.41, 5.74) is 4.25. The maximum atomic E-state index is 12.0. The summed E-state index contributed by atoms with van der Waals surface area (Å²) in [6, 6.07) is 23.6. The van der Waals surface area contributed by atoms with Gasteiger partial charge in [-0.2, -0.15) is 0 Å². The van der Waals surface area contributed by atoms with Gasteiger partial charge in [0.25, 0.3) is 0 Å². The average Bonchev–Trinajstić information content (AvgIpc) is 3.30. The fraction of sp³-hybridized carbons (Fsp3) is 0.269. The lowest BCUT2D eigenvalue weighted by molar-refractivity contribution is -0.142. The first kappa shape index (κ1) is 20.9. The van der Waals surface area contributed by atoms with Crippen LogP contribution in [-0.4, -0.2) is 42.8 Å². The van der Waals surface area contributed by atoms with Crippen LogP contribution >= 0.6 is 0 Å². The molecule has 1 fully saturated rings. The molecule has 3 aromatic rings. The van der Waals surface area contributed by atoms with E-state index in [1.54, 1.807) is 14.2 Å². The third-order valence-electron chi connectivity index (χ3n) is 5.98. The van der Waals surface area contributed by atoms with Crippen molar-refractivity contribution in [1.29, 1.82) is 0 Å². The summed E-state index contributed by atoms with van der Waals surface area (Å²) in [7, 11) is 3.25. The third kappa shape index (κ3) is 4.28. The van der Waals surface area contributed by atoms with E-state index >= 15 is 0 Å². The predicted molar refractivity (Wildman–Crippen MR) is 121 cm³/mol. The van der Waals surface area contributed by atoms with Gasteiger partial charge in [-0.25, -0.2) is 0 Å². The molecule has 160 valence electrons. The number of hydrogen-bond acceptors (Lipinski definition) is 4. The summed E-state index contributed by atoms with van der Waals surface area (Å²) in [4.78, 5) is 14.1. The number of hydrogen-bond donors (Lipinski definition) is 1. The van der Waals surface area contributed by atoms with Crippen molar-refractivity contribution in [2.45, 2.75) is 24.9 Å². The first-order valence-electron chi connectivity index (χ1n) is 10.5. The molecule has 1 aliphatic heterocycles. The minimum Gasteiger partial charge on any atom is -0.497 e. The molecular weight excluding hydrogens is 390 g/mol. The van der Waals surface area contributed by atoms with Crippen molar-refractivity contribution < 1.29 is 19.4 Å². The molecule has 2 unspecified atom stereocenters. The summed E-state index contributed by atoms with van der Waals surface area (Å²) in [6.45, 7) is 0.719. The minimum absolute atomic E-state index is 0.228. The van der Waals surface area contributed by atoms with Gasteiger partial charge >= 0.3 is 5.97 Å². The zero-order valence-corrected chi connectivity index (χ0v) is 17.8. The number of carboxylic acid groups (broad SMARTS) is 1. The fourth-order valence-electron chi connectivity index (χ4n) is 4.45. The number of ether oxygens (including phenoxy) is 2. The predicted octanol–water partition coefficient (Wildman–Crippen LogP) is 5.01. The molecule has 0 bridgehead atoms. The van der Waals surface area contributed by atoms with E-state index in [9.17, 15) is 9.90 Å². The Balaban J connectivity index is 1.79. The van der Waals surface area contributed by atoms with Crippen LogP contribution in [0.1, 0.15) is 30.0 Å². The highest BCUT2D eigenvalue weighted by Crippen LogP contribution is 2.40. The zero-order chi connectivity index (χ0) is 21.8. The van der Waals surface area contributed by atoms with Crippen LogP contribution in [0.5, 0.6) is 11.5 Å². The molecule has 1 heterocycles. The van der Waals surface area contributed by atoms with Gasteiger partial charge in [0.2, 0.25) is 0 Å². The van der Waals surface area contributed by atoms with Gasteiger partial charge in [-0.15, -0.1) is 0 Å². The van der Waals surface area contributed by atoms with Crippen LogP contribution in [0.3, 0.4) is 0 Å². The molecule has 3 aromatic carbocycles. The molecule has 0 spiro atoms.